The molecule has 30 heavy (non-hydrogen) atoms. The highest BCUT2D eigenvalue weighted by Crippen LogP contribution is 2.33. The molecule has 4 rings (SSSR count). The van der Waals surface area contributed by atoms with Crippen molar-refractivity contribution < 1.29 is 23.5 Å². The summed E-state index contributed by atoms with van der Waals surface area (Å²) in [6.45, 7) is -0.500. The quantitative estimate of drug-likeness (QED) is 0.355. The Morgan fingerprint density at radius 1 is 1.20 bits per heavy atom. The van der Waals surface area contributed by atoms with Crippen molar-refractivity contribution in [1.82, 2.24) is 5.01 Å². The number of halogens is 1. The molecule has 2 aromatic heterocycles. The molecule has 9 heteroatoms. The zero-order valence-electron chi connectivity index (χ0n) is 15.6. The maximum Gasteiger partial charge on any atom is 0.339 e. The minimum atomic E-state index is -0.709. The zero-order valence-corrected chi connectivity index (χ0v) is 16.4. The van der Waals surface area contributed by atoms with Gasteiger partial charge in [-0.3, -0.25) is 4.79 Å². The molecule has 1 atom stereocenters. The molecule has 0 N–H and O–H groups in total. The third-order valence-electron chi connectivity index (χ3n) is 4.58. The van der Waals surface area contributed by atoms with Gasteiger partial charge >= 0.3 is 5.97 Å². The van der Waals surface area contributed by atoms with Crippen molar-refractivity contribution in [2.24, 2.45) is 5.10 Å². The second-order valence-electron chi connectivity index (χ2n) is 6.55. The summed E-state index contributed by atoms with van der Waals surface area (Å²) in [7, 11) is 0. The first kappa shape index (κ1) is 19.7. The van der Waals surface area contributed by atoms with Crippen molar-refractivity contribution >= 4 is 29.2 Å². The van der Waals surface area contributed by atoms with Gasteiger partial charge in [0, 0.05) is 23.6 Å². The number of ether oxygens (including phenoxy) is 1. The smallest absolute Gasteiger partial charge is 0.339 e. The lowest BCUT2D eigenvalue weighted by molar-refractivity contribution is -0.605. The monoisotopic (exact) mass is 425 g/mol. The standard InChI is InChI=1S/C21H16ClN3O5/c22-16-5-3-14(4-6-16)17-12-18(19-2-1-11-29-19)25(23-17)20(26)13-30-21(27)15-7-9-24(28)10-8-15/h1-11,18H,12-13H2. The molecule has 152 valence electrons. The summed E-state index contributed by atoms with van der Waals surface area (Å²) < 4.78 is 11.1. The average molecular weight is 426 g/mol. The van der Waals surface area contributed by atoms with Gasteiger partial charge < -0.3 is 14.4 Å². The molecule has 0 spiro atoms. The molecule has 1 amide bonds. The topological polar surface area (TPSA) is 99.1 Å². The Hall–Kier alpha value is -3.65. The molecule has 1 aromatic carbocycles. The molecule has 1 unspecified atom stereocenters. The second-order valence-corrected chi connectivity index (χ2v) is 6.99. The molecule has 0 saturated heterocycles. The van der Waals surface area contributed by atoms with Crippen LogP contribution >= 0.6 is 11.6 Å². The summed E-state index contributed by atoms with van der Waals surface area (Å²) in [5.74, 6) is -0.631. The number of amides is 1. The number of esters is 1. The number of nitrogens with zero attached hydrogens (tertiary/aromatic N) is 3. The van der Waals surface area contributed by atoms with E-state index in [1.165, 1.54) is 35.8 Å². The van der Waals surface area contributed by atoms with E-state index < -0.39 is 24.5 Å². The summed E-state index contributed by atoms with van der Waals surface area (Å²) in [5, 5.41) is 17.4. The van der Waals surface area contributed by atoms with Crippen LogP contribution in [0, 0.1) is 5.21 Å². The number of carbonyl (C=O) groups excluding carboxylic acids is 2. The number of rotatable bonds is 5. The lowest BCUT2D eigenvalue weighted by Crippen LogP contribution is -2.31. The van der Waals surface area contributed by atoms with E-state index in [-0.39, 0.29) is 5.56 Å². The van der Waals surface area contributed by atoms with Gasteiger partial charge in [0.15, 0.2) is 19.0 Å². The van der Waals surface area contributed by atoms with Crippen LogP contribution in [-0.4, -0.2) is 29.2 Å². The Morgan fingerprint density at radius 2 is 1.93 bits per heavy atom. The summed E-state index contributed by atoms with van der Waals surface area (Å²) in [5.41, 5.74) is 1.69. The third kappa shape index (κ3) is 4.18. The Labute approximate surface area is 176 Å². The lowest BCUT2D eigenvalue weighted by Gasteiger charge is -2.19. The van der Waals surface area contributed by atoms with Gasteiger partial charge in [-0.25, -0.2) is 9.80 Å². The van der Waals surface area contributed by atoms with Crippen molar-refractivity contribution in [2.75, 3.05) is 6.61 Å². The van der Waals surface area contributed by atoms with E-state index in [0.29, 0.717) is 27.6 Å². The van der Waals surface area contributed by atoms with E-state index in [1.54, 1.807) is 24.3 Å². The van der Waals surface area contributed by atoms with Crippen LogP contribution in [0.3, 0.4) is 0 Å². The van der Waals surface area contributed by atoms with Gasteiger partial charge in [0.1, 0.15) is 11.8 Å². The summed E-state index contributed by atoms with van der Waals surface area (Å²) in [6, 6.07) is 12.8. The number of carbonyl (C=O) groups is 2. The number of pyridine rings is 1. The van der Waals surface area contributed by atoms with Gasteiger partial charge in [0.25, 0.3) is 5.91 Å². The van der Waals surface area contributed by atoms with Gasteiger partial charge in [-0.15, -0.1) is 0 Å². The first-order valence-electron chi connectivity index (χ1n) is 9.06. The number of hydrogen-bond acceptors (Lipinski definition) is 6. The molecule has 3 aromatic rings. The normalized spacial score (nSPS) is 15.7. The first-order valence-corrected chi connectivity index (χ1v) is 9.44. The van der Waals surface area contributed by atoms with Gasteiger partial charge in [-0.05, 0) is 29.8 Å². The number of benzene rings is 1. The van der Waals surface area contributed by atoms with Crippen LogP contribution in [0.1, 0.15) is 34.1 Å². The second kappa shape index (κ2) is 8.38. The summed E-state index contributed by atoms with van der Waals surface area (Å²) >= 11 is 5.95. The molecule has 1 aliphatic rings. The minimum Gasteiger partial charge on any atom is -0.619 e. The fraction of sp³-hybridized carbons (Fsp3) is 0.143. The van der Waals surface area contributed by atoms with Crippen LogP contribution in [0.5, 0.6) is 0 Å². The Bertz CT molecular complexity index is 1080. The molecule has 0 aliphatic carbocycles. The van der Waals surface area contributed by atoms with E-state index >= 15 is 0 Å². The highest BCUT2D eigenvalue weighted by atomic mass is 35.5. The van der Waals surface area contributed by atoms with Crippen LogP contribution in [0.2, 0.25) is 5.02 Å². The van der Waals surface area contributed by atoms with Crippen molar-refractivity contribution in [1.29, 1.82) is 0 Å². The van der Waals surface area contributed by atoms with E-state index in [0.717, 1.165) is 5.56 Å². The Balaban J connectivity index is 1.50. The molecule has 3 heterocycles. The van der Waals surface area contributed by atoms with E-state index in [9.17, 15) is 14.8 Å². The van der Waals surface area contributed by atoms with E-state index in [1.807, 2.05) is 12.1 Å². The highest BCUT2D eigenvalue weighted by molar-refractivity contribution is 6.30. The molecule has 0 saturated carbocycles. The van der Waals surface area contributed by atoms with Gasteiger partial charge in [-0.2, -0.15) is 9.83 Å². The van der Waals surface area contributed by atoms with E-state index in [2.05, 4.69) is 5.10 Å². The van der Waals surface area contributed by atoms with Crippen LogP contribution in [0.15, 0.2) is 76.7 Å². The largest absolute Gasteiger partial charge is 0.619 e. The predicted molar refractivity (Wildman–Crippen MR) is 107 cm³/mol. The maximum atomic E-state index is 12.8. The molecular weight excluding hydrogens is 410 g/mol. The number of hydrazone groups is 1. The fourth-order valence-electron chi connectivity index (χ4n) is 3.09. The first-order chi connectivity index (χ1) is 14.5. The molecule has 8 nitrogen and oxygen atoms in total. The van der Waals surface area contributed by atoms with Crippen molar-refractivity contribution in [2.45, 2.75) is 12.5 Å². The Morgan fingerprint density at radius 3 is 2.60 bits per heavy atom. The Kier molecular flexibility index (Phi) is 5.49. The maximum absolute atomic E-state index is 12.8. The summed E-state index contributed by atoms with van der Waals surface area (Å²) in [6.07, 6.45) is 4.32. The molecule has 0 fully saturated rings. The molecular formula is C21H16ClN3O5. The fourth-order valence-corrected chi connectivity index (χ4v) is 3.21. The number of hydrogen-bond donors (Lipinski definition) is 0. The van der Waals surface area contributed by atoms with Crippen LogP contribution in [0.25, 0.3) is 0 Å². The van der Waals surface area contributed by atoms with Crippen LogP contribution in [0.4, 0.5) is 0 Å². The predicted octanol–water partition coefficient (Wildman–Crippen LogP) is 3.10. The van der Waals surface area contributed by atoms with Gasteiger partial charge in [-0.1, -0.05) is 23.7 Å². The molecule has 0 radical (unpaired) electrons. The number of aromatic nitrogens is 1. The lowest BCUT2D eigenvalue weighted by atomic mass is 10.0. The SMILES string of the molecule is O=C(OCC(=O)N1N=C(c2ccc(Cl)cc2)CC1c1ccco1)c1cc[n+]([O-])cc1. The summed E-state index contributed by atoms with van der Waals surface area (Å²) in [4.78, 5) is 24.9. The van der Waals surface area contributed by atoms with Crippen molar-refractivity contribution in [3.8, 4) is 0 Å². The van der Waals surface area contributed by atoms with Gasteiger partial charge in [0.05, 0.1) is 17.5 Å². The van der Waals surface area contributed by atoms with Crippen molar-refractivity contribution in [3.05, 3.63) is 94.3 Å². The van der Waals surface area contributed by atoms with Crippen LogP contribution in [-0.2, 0) is 9.53 Å². The average Bonchev–Trinajstić information content (AvgIpc) is 3.43. The zero-order chi connectivity index (χ0) is 21.1. The minimum absolute atomic E-state index is 0.171. The van der Waals surface area contributed by atoms with Crippen molar-refractivity contribution in [3.63, 3.8) is 0 Å². The highest BCUT2D eigenvalue weighted by Gasteiger charge is 2.35. The third-order valence-corrected chi connectivity index (χ3v) is 4.83. The number of furan rings is 1. The van der Waals surface area contributed by atoms with E-state index in [4.69, 9.17) is 20.8 Å². The van der Waals surface area contributed by atoms with Gasteiger partial charge in [0.2, 0.25) is 0 Å². The molecule has 1 aliphatic heterocycles. The van der Waals surface area contributed by atoms with Crippen LogP contribution < -0.4 is 4.73 Å². The molecule has 0 bridgehead atoms.